The average Bonchev–Trinajstić information content (AvgIpc) is 2.53. The molecule has 104 valence electrons. The molecule has 0 saturated heterocycles. The number of aliphatic hydroxyl groups is 1. The molecule has 2 aromatic rings. The van der Waals surface area contributed by atoms with Crippen molar-refractivity contribution in [3.8, 4) is 0 Å². The van der Waals surface area contributed by atoms with Crippen LogP contribution in [0.1, 0.15) is 41.3 Å². The number of hydrogen-bond donors (Lipinski definition) is 2. The van der Waals surface area contributed by atoms with Gasteiger partial charge in [0, 0.05) is 0 Å². The van der Waals surface area contributed by atoms with Gasteiger partial charge in [0.15, 0.2) is 0 Å². The molecule has 20 heavy (non-hydrogen) atoms. The predicted molar refractivity (Wildman–Crippen MR) is 81.7 cm³/mol. The van der Waals surface area contributed by atoms with Gasteiger partial charge in [-0.25, -0.2) is 0 Å². The maximum atomic E-state index is 10.8. The first-order valence-electron chi connectivity index (χ1n) is 7.38. The Kier molecular flexibility index (Phi) is 3.86. The molecule has 3 rings (SSSR count). The Labute approximate surface area is 120 Å². The van der Waals surface area contributed by atoms with Gasteiger partial charge >= 0.3 is 0 Å². The van der Waals surface area contributed by atoms with E-state index in [4.69, 9.17) is 0 Å². The van der Waals surface area contributed by atoms with E-state index in [0.717, 1.165) is 24.9 Å². The minimum Gasteiger partial charge on any atom is -0.386 e. The van der Waals surface area contributed by atoms with Crippen LogP contribution in [0.3, 0.4) is 0 Å². The van der Waals surface area contributed by atoms with E-state index in [1.165, 1.54) is 16.7 Å². The van der Waals surface area contributed by atoms with Gasteiger partial charge in [-0.1, -0.05) is 55.5 Å². The summed E-state index contributed by atoms with van der Waals surface area (Å²) in [4.78, 5) is 0. The normalized spacial score (nSPS) is 19.4. The van der Waals surface area contributed by atoms with E-state index >= 15 is 0 Å². The van der Waals surface area contributed by atoms with Crippen LogP contribution in [0.4, 0.5) is 0 Å². The van der Waals surface area contributed by atoms with E-state index in [-0.39, 0.29) is 6.04 Å². The fourth-order valence-corrected chi connectivity index (χ4v) is 3.14. The third-order valence-electron chi connectivity index (χ3n) is 4.22. The Hall–Kier alpha value is -1.64. The summed E-state index contributed by atoms with van der Waals surface area (Å²) >= 11 is 0. The fraction of sp³-hybridized carbons (Fsp3) is 0.333. The summed E-state index contributed by atoms with van der Waals surface area (Å²) in [6, 6.07) is 16.6. The van der Waals surface area contributed by atoms with Crippen molar-refractivity contribution < 1.29 is 5.11 Å². The highest BCUT2D eigenvalue weighted by Crippen LogP contribution is 2.34. The molecule has 2 nitrogen and oxygen atoms in total. The van der Waals surface area contributed by atoms with Gasteiger partial charge in [-0.2, -0.15) is 0 Å². The van der Waals surface area contributed by atoms with Crippen LogP contribution >= 0.6 is 0 Å². The molecule has 0 radical (unpaired) electrons. The molecule has 0 bridgehead atoms. The van der Waals surface area contributed by atoms with Gasteiger partial charge in [0.05, 0.1) is 12.1 Å². The molecule has 2 N–H and O–H groups in total. The summed E-state index contributed by atoms with van der Waals surface area (Å²) in [6.07, 6.45) is 1.49. The number of benzene rings is 2. The highest BCUT2D eigenvalue weighted by atomic mass is 16.3. The van der Waals surface area contributed by atoms with Gasteiger partial charge in [-0.15, -0.1) is 0 Å². The van der Waals surface area contributed by atoms with E-state index < -0.39 is 6.10 Å². The standard InChI is InChI=1S/C18H21NO/c1-2-13-7-3-6-10-16(13)18(20)17-15-9-5-4-8-14(15)11-12-19-17/h3-10,17-20H,2,11-12H2,1H3. The average molecular weight is 267 g/mol. The predicted octanol–water partition coefficient (Wildman–Crippen LogP) is 3.17. The van der Waals surface area contributed by atoms with Gasteiger partial charge in [0.1, 0.15) is 0 Å². The maximum Gasteiger partial charge on any atom is 0.0987 e. The monoisotopic (exact) mass is 267 g/mol. The number of aliphatic hydroxyl groups excluding tert-OH is 1. The van der Waals surface area contributed by atoms with Crippen molar-refractivity contribution in [2.75, 3.05) is 6.54 Å². The zero-order valence-electron chi connectivity index (χ0n) is 11.8. The summed E-state index contributed by atoms with van der Waals surface area (Å²) in [7, 11) is 0. The molecule has 2 aromatic carbocycles. The van der Waals surface area contributed by atoms with Gasteiger partial charge in [-0.05, 0) is 41.6 Å². The fourth-order valence-electron chi connectivity index (χ4n) is 3.14. The second-order valence-electron chi connectivity index (χ2n) is 5.38. The highest BCUT2D eigenvalue weighted by molar-refractivity contribution is 5.37. The Morgan fingerprint density at radius 1 is 1.15 bits per heavy atom. The molecular weight excluding hydrogens is 246 g/mol. The van der Waals surface area contributed by atoms with Crippen LogP contribution in [0.25, 0.3) is 0 Å². The summed E-state index contributed by atoms with van der Waals surface area (Å²) in [5, 5.41) is 14.3. The number of nitrogens with one attached hydrogen (secondary N) is 1. The van der Waals surface area contributed by atoms with Crippen LogP contribution in [0.15, 0.2) is 48.5 Å². The molecule has 0 fully saturated rings. The van der Waals surface area contributed by atoms with Crippen molar-refractivity contribution in [2.45, 2.75) is 31.9 Å². The van der Waals surface area contributed by atoms with Gasteiger partial charge < -0.3 is 10.4 Å². The minimum atomic E-state index is -0.493. The third-order valence-corrected chi connectivity index (χ3v) is 4.22. The largest absolute Gasteiger partial charge is 0.386 e. The zero-order valence-corrected chi connectivity index (χ0v) is 11.8. The SMILES string of the molecule is CCc1ccccc1C(O)C1NCCc2ccccc21. The second-order valence-corrected chi connectivity index (χ2v) is 5.38. The molecule has 2 heteroatoms. The minimum absolute atomic E-state index is 0.00681. The lowest BCUT2D eigenvalue weighted by Gasteiger charge is -2.31. The number of rotatable bonds is 3. The van der Waals surface area contributed by atoms with Crippen LogP contribution in [-0.2, 0) is 12.8 Å². The first kappa shape index (κ1) is 13.3. The van der Waals surface area contributed by atoms with E-state index in [1.807, 2.05) is 18.2 Å². The van der Waals surface area contributed by atoms with Crippen molar-refractivity contribution in [1.82, 2.24) is 5.32 Å². The van der Waals surface area contributed by atoms with Crippen molar-refractivity contribution >= 4 is 0 Å². The molecule has 0 spiro atoms. The lowest BCUT2D eigenvalue weighted by molar-refractivity contribution is 0.124. The third kappa shape index (κ3) is 2.37. The van der Waals surface area contributed by atoms with Crippen molar-refractivity contribution in [3.63, 3.8) is 0 Å². The Balaban J connectivity index is 1.97. The van der Waals surface area contributed by atoms with Gasteiger partial charge in [-0.3, -0.25) is 0 Å². The van der Waals surface area contributed by atoms with Crippen LogP contribution in [0.5, 0.6) is 0 Å². The number of aryl methyl sites for hydroxylation is 1. The summed E-state index contributed by atoms with van der Waals surface area (Å²) in [5.41, 5.74) is 4.86. The molecule has 0 aliphatic carbocycles. The number of hydrogen-bond acceptors (Lipinski definition) is 2. The smallest absolute Gasteiger partial charge is 0.0987 e. The van der Waals surface area contributed by atoms with E-state index in [9.17, 15) is 5.11 Å². The maximum absolute atomic E-state index is 10.8. The molecule has 1 aliphatic heterocycles. The Bertz CT molecular complexity index is 593. The molecule has 0 amide bonds. The zero-order chi connectivity index (χ0) is 13.9. The molecule has 1 heterocycles. The quantitative estimate of drug-likeness (QED) is 0.895. The molecule has 0 saturated carbocycles. The highest BCUT2D eigenvalue weighted by Gasteiger charge is 2.27. The molecule has 0 aromatic heterocycles. The van der Waals surface area contributed by atoms with Crippen molar-refractivity contribution in [2.24, 2.45) is 0 Å². The first-order chi connectivity index (χ1) is 9.81. The second kappa shape index (κ2) is 5.78. The van der Waals surface area contributed by atoms with Crippen LogP contribution in [0, 0.1) is 0 Å². The summed E-state index contributed by atoms with van der Waals surface area (Å²) in [5.74, 6) is 0. The van der Waals surface area contributed by atoms with E-state index in [0.29, 0.717) is 0 Å². The molecular formula is C18H21NO. The van der Waals surface area contributed by atoms with E-state index in [1.54, 1.807) is 0 Å². The van der Waals surface area contributed by atoms with Gasteiger partial charge in [0.2, 0.25) is 0 Å². The first-order valence-corrected chi connectivity index (χ1v) is 7.38. The van der Waals surface area contributed by atoms with Crippen LogP contribution in [-0.4, -0.2) is 11.7 Å². The number of fused-ring (bicyclic) bond motifs is 1. The Morgan fingerprint density at radius 2 is 1.90 bits per heavy atom. The van der Waals surface area contributed by atoms with Crippen molar-refractivity contribution in [3.05, 3.63) is 70.8 Å². The van der Waals surface area contributed by atoms with Crippen LogP contribution < -0.4 is 5.32 Å². The summed E-state index contributed by atoms with van der Waals surface area (Å²) < 4.78 is 0. The lowest BCUT2D eigenvalue weighted by atomic mass is 9.87. The van der Waals surface area contributed by atoms with E-state index in [2.05, 4.69) is 42.6 Å². The Morgan fingerprint density at radius 3 is 2.75 bits per heavy atom. The summed E-state index contributed by atoms with van der Waals surface area (Å²) in [6.45, 7) is 3.06. The molecule has 1 aliphatic rings. The molecule has 2 unspecified atom stereocenters. The van der Waals surface area contributed by atoms with Crippen LogP contribution in [0.2, 0.25) is 0 Å². The van der Waals surface area contributed by atoms with Crippen molar-refractivity contribution in [1.29, 1.82) is 0 Å². The lowest BCUT2D eigenvalue weighted by Crippen LogP contribution is -2.34. The molecule has 2 atom stereocenters. The van der Waals surface area contributed by atoms with Gasteiger partial charge in [0.25, 0.3) is 0 Å². The topological polar surface area (TPSA) is 32.3 Å².